The second-order valence-corrected chi connectivity index (χ2v) is 5.72. The molecule has 0 heterocycles. The van der Waals surface area contributed by atoms with Crippen LogP contribution < -0.4 is 20.1 Å². The molecule has 0 aliphatic carbocycles. The van der Waals surface area contributed by atoms with Gasteiger partial charge in [0.15, 0.2) is 11.5 Å². The van der Waals surface area contributed by atoms with Crippen LogP contribution in [0.3, 0.4) is 0 Å². The van der Waals surface area contributed by atoms with Gasteiger partial charge in [0, 0.05) is 23.4 Å². The summed E-state index contributed by atoms with van der Waals surface area (Å²) < 4.78 is 10.7. The molecule has 0 aliphatic rings. The van der Waals surface area contributed by atoms with E-state index < -0.39 is 0 Å². The minimum absolute atomic E-state index is 0.200. The van der Waals surface area contributed by atoms with Crippen LogP contribution in [0.25, 0.3) is 0 Å². The molecule has 0 spiro atoms. The molecular weight excluding hydrogens is 356 g/mol. The van der Waals surface area contributed by atoms with Crippen LogP contribution in [0.4, 0.5) is 5.69 Å². The highest BCUT2D eigenvalue weighted by Crippen LogP contribution is 2.36. The Hall–Kier alpha value is -2.73. The lowest BCUT2D eigenvalue weighted by Gasteiger charge is -2.13. The van der Waals surface area contributed by atoms with E-state index in [2.05, 4.69) is 10.6 Å². The van der Waals surface area contributed by atoms with Crippen molar-refractivity contribution in [3.8, 4) is 11.5 Å². The Bertz CT molecular complexity index is 808. The Morgan fingerprint density at radius 2 is 1.85 bits per heavy atom. The van der Waals surface area contributed by atoms with Gasteiger partial charge in [0.1, 0.15) is 0 Å². The second-order valence-electron chi connectivity index (χ2n) is 5.32. The molecule has 0 bridgehead atoms. The smallest absolute Gasteiger partial charge is 0.255 e. The summed E-state index contributed by atoms with van der Waals surface area (Å²) in [5.41, 5.74) is 1.29. The molecule has 0 aromatic heterocycles. The minimum atomic E-state index is -0.374. The molecule has 2 aromatic rings. The Morgan fingerprint density at radius 3 is 2.50 bits per heavy atom. The molecule has 0 fully saturated rings. The van der Waals surface area contributed by atoms with Crippen molar-refractivity contribution in [2.24, 2.45) is 0 Å². The number of anilines is 1. The van der Waals surface area contributed by atoms with E-state index in [-0.39, 0.29) is 16.8 Å². The van der Waals surface area contributed by atoms with Gasteiger partial charge in [-0.2, -0.15) is 0 Å². The van der Waals surface area contributed by atoms with Crippen molar-refractivity contribution in [1.29, 1.82) is 0 Å². The van der Waals surface area contributed by atoms with E-state index in [1.807, 2.05) is 13.8 Å². The first-order chi connectivity index (χ1) is 12.5. The van der Waals surface area contributed by atoms with Crippen molar-refractivity contribution in [3.63, 3.8) is 0 Å². The van der Waals surface area contributed by atoms with Crippen LogP contribution in [0.2, 0.25) is 5.02 Å². The standard InChI is InChI=1S/C19H21ClN2O4/c1-4-21-18(23)12-7-6-8-14(9-12)22-19(24)13-10-15(20)17(26-5-2)16(11-13)25-3/h6-11H,4-5H2,1-3H3,(H,21,23)(H,22,24). The van der Waals surface area contributed by atoms with Crippen LogP contribution in [-0.4, -0.2) is 32.1 Å². The summed E-state index contributed by atoms with van der Waals surface area (Å²) in [6.07, 6.45) is 0. The monoisotopic (exact) mass is 376 g/mol. The summed E-state index contributed by atoms with van der Waals surface area (Å²) in [6.45, 7) is 4.62. The van der Waals surface area contributed by atoms with E-state index in [4.69, 9.17) is 21.1 Å². The molecule has 0 atom stereocenters. The molecule has 138 valence electrons. The number of carbonyl (C=O) groups is 2. The number of hydrogen-bond acceptors (Lipinski definition) is 4. The molecule has 2 N–H and O–H groups in total. The van der Waals surface area contributed by atoms with Crippen LogP contribution in [-0.2, 0) is 0 Å². The van der Waals surface area contributed by atoms with Crippen LogP contribution in [0.1, 0.15) is 34.6 Å². The highest BCUT2D eigenvalue weighted by molar-refractivity contribution is 6.32. The van der Waals surface area contributed by atoms with E-state index in [0.29, 0.717) is 41.5 Å². The van der Waals surface area contributed by atoms with Crippen LogP contribution in [0, 0.1) is 0 Å². The van der Waals surface area contributed by atoms with Gasteiger partial charge in [-0.1, -0.05) is 17.7 Å². The van der Waals surface area contributed by atoms with Gasteiger partial charge in [-0.25, -0.2) is 0 Å². The number of rotatable bonds is 7. The number of hydrogen-bond donors (Lipinski definition) is 2. The van der Waals surface area contributed by atoms with E-state index in [1.54, 1.807) is 30.3 Å². The van der Waals surface area contributed by atoms with Gasteiger partial charge in [0.2, 0.25) is 0 Å². The molecule has 2 amide bonds. The first kappa shape index (κ1) is 19.6. The molecule has 0 saturated heterocycles. The average molecular weight is 377 g/mol. The molecule has 0 radical (unpaired) electrons. The maximum absolute atomic E-state index is 12.5. The number of halogens is 1. The molecule has 6 nitrogen and oxygen atoms in total. The number of amides is 2. The average Bonchev–Trinajstić information content (AvgIpc) is 2.63. The van der Waals surface area contributed by atoms with Gasteiger partial charge in [-0.05, 0) is 44.2 Å². The van der Waals surface area contributed by atoms with Crippen LogP contribution in [0.5, 0.6) is 11.5 Å². The fourth-order valence-electron chi connectivity index (χ4n) is 2.34. The first-order valence-electron chi connectivity index (χ1n) is 8.20. The zero-order valence-corrected chi connectivity index (χ0v) is 15.6. The zero-order chi connectivity index (χ0) is 19.1. The maximum Gasteiger partial charge on any atom is 0.255 e. The van der Waals surface area contributed by atoms with E-state index in [0.717, 1.165) is 0 Å². The molecule has 0 aliphatic heterocycles. The number of nitrogens with one attached hydrogen (secondary N) is 2. The number of methoxy groups -OCH3 is 1. The highest BCUT2D eigenvalue weighted by Gasteiger charge is 2.16. The predicted octanol–water partition coefficient (Wildman–Crippen LogP) is 3.75. The third kappa shape index (κ3) is 4.67. The van der Waals surface area contributed by atoms with Gasteiger partial charge in [0.05, 0.1) is 18.7 Å². The van der Waals surface area contributed by atoms with Gasteiger partial charge >= 0.3 is 0 Å². The predicted molar refractivity (Wildman–Crippen MR) is 102 cm³/mol. The summed E-state index contributed by atoms with van der Waals surface area (Å²) in [5, 5.41) is 5.75. The third-order valence-corrected chi connectivity index (χ3v) is 3.78. The quantitative estimate of drug-likeness (QED) is 0.771. The molecular formula is C19H21ClN2O4. The Kier molecular flexibility index (Phi) is 6.86. The van der Waals surface area contributed by atoms with Gasteiger partial charge < -0.3 is 20.1 Å². The largest absolute Gasteiger partial charge is 0.493 e. The summed E-state index contributed by atoms with van der Waals surface area (Å²) in [6, 6.07) is 9.76. The maximum atomic E-state index is 12.5. The Balaban J connectivity index is 2.24. The van der Waals surface area contributed by atoms with Crippen LogP contribution in [0.15, 0.2) is 36.4 Å². The number of ether oxygens (including phenoxy) is 2. The number of benzene rings is 2. The van der Waals surface area contributed by atoms with Crippen molar-refractivity contribution in [2.45, 2.75) is 13.8 Å². The van der Waals surface area contributed by atoms with Crippen molar-refractivity contribution in [3.05, 3.63) is 52.5 Å². The summed E-state index contributed by atoms with van der Waals surface area (Å²) in [4.78, 5) is 24.5. The van der Waals surface area contributed by atoms with E-state index in [9.17, 15) is 9.59 Å². The first-order valence-corrected chi connectivity index (χ1v) is 8.57. The number of carbonyl (C=O) groups excluding carboxylic acids is 2. The third-order valence-electron chi connectivity index (χ3n) is 3.50. The zero-order valence-electron chi connectivity index (χ0n) is 14.9. The fourth-order valence-corrected chi connectivity index (χ4v) is 2.60. The normalized spacial score (nSPS) is 10.2. The molecule has 2 rings (SSSR count). The van der Waals surface area contributed by atoms with Gasteiger partial charge in [-0.3, -0.25) is 9.59 Å². The van der Waals surface area contributed by atoms with E-state index >= 15 is 0 Å². The summed E-state index contributed by atoms with van der Waals surface area (Å²) in [5.74, 6) is 0.197. The minimum Gasteiger partial charge on any atom is -0.493 e. The van der Waals surface area contributed by atoms with Crippen LogP contribution >= 0.6 is 11.6 Å². The summed E-state index contributed by atoms with van der Waals surface area (Å²) >= 11 is 6.20. The Morgan fingerprint density at radius 1 is 1.08 bits per heavy atom. The van der Waals surface area contributed by atoms with Gasteiger partial charge in [0.25, 0.3) is 11.8 Å². The lowest BCUT2D eigenvalue weighted by Crippen LogP contribution is -2.22. The van der Waals surface area contributed by atoms with Crippen molar-refractivity contribution in [2.75, 3.05) is 25.6 Å². The van der Waals surface area contributed by atoms with Crippen molar-refractivity contribution < 1.29 is 19.1 Å². The lowest BCUT2D eigenvalue weighted by molar-refractivity contribution is 0.0954. The molecule has 0 saturated carbocycles. The van der Waals surface area contributed by atoms with Crippen molar-refractivity contribution >= 4 is 29.1 Å². The van der Waals surface area contributed by atoms with Crippen molar-refractivity contribution in [1.82, 2.24) is 5.32 Å². The molecule has 2 aromatic carbocycles. The topological polar surface area (TPSA) is 76.7 Å². The Labute approximate surface area is 157 Å². The molecule has 0 unspecified atom stereocenters. The summed E-state index contributed by atoms with van der Waals surface area (Å²) in [7, 11) is 1.48. The van der Waals surface area contributed by atoms with E-state index in [1.165, 1.54) is 13.2 Å². The molecule has 26 heavy (non-hydrogen) atoms. The molecule has 7 heteroatoms. The fraction of sp³-hybridized carbons (Fsp3) is 0.263. The highest BCUT2D eigenvalue weighted by atomic mass is 35.5. The second kappa shape index (κ2) is 9.10. The lowest BCUT2D eigenvalue weighted by atomic mass is 10.1. The van der Waals surface area contributed by atoms with Gasteiger partial charge in [-0.15, -0.1) is 0 Å². The SMILES string of the molecule is CCNC(=O)c1cccc(NC(=O)c2cc(Cl)c(OCC)c(OC)c2)c1.